The van der Waals surface area contributed by atoms with Gasteiger partial charge in [-0.25, -0.2) is 4.98 Å². The zero-order chi connectivity index (χ0) is 19.7. The van der Waals surface area contributed by atoms with Gasteiger partial charge in [0, 0.05) is 18.9 Å². The Kier molecular flexibility index (Phi) is 4.92. The molecular weight excluding hydrogens is 382 g/mol. The van der Waals surface area contributed by atoms with Crippen molar-refractivity contribution in [1.82, 2.24) is 14.7 Å². The lowest BCUT2D eigenvalue weighted by atomic mass is 10.1. The predicted molar refractivity (Wildman–Crippen MR) is 105 cm³/mol. The topological polar surface area (TPSA) is 81.9 Å². The number of ether oxygens (including phenoxy) is 2. The number of benzene rings is 1. The standard InChI is InChI=1S/C20H18ClN3O4/c1-12-2-3-17-23-10-14(20(26)24(17)11-12)19(25)22-5-4-13-8-15(21)18-16(9-13)27-6-7-28-18/h2-3,8-11H,4-7H2,1H3,(H,22,25). The zero-order valence-electron chi connectivity index (χ0n) is 15.2. The quantitative estimate of drug-likeness (QED) is 0.728. The molecule has 0 saturated heterocycles. The molecule has 7 nitrogen and oxygen atoms in total. The number of hydrogen-bond donors (Lipinski definition) is 1. The van der Waals surface area contributed by atoms with Crippen molar-refractivity contribution in [2.75, 3.05) is 19.8 Å². The lowest BCUT2D eigenvalue weighted by Gasteiger charge is -2.20. The highest BCUT2D eigenvalue weighted by Crippen LogP contribution is 2.38. The number of carbonyl (C=O) groups is 1. The monoisotopic (exact) mass is 399 g/mol. The minimum atomic E-state index is -0.461. The molecule has 2 aromatic heterocycles. The number of aryl methyl sites for hydroxylation is 1. The van der Waals surface area contributed by atoms with E-state index in [1.165, 1.54) is 10.6 Å². The summed E-state index contributed by atoms with van der Waals surface area (Å²) in [6.07, 6.45) is 3.51. The van der Waals surface area contributed by atoms with Crippen molar-refractivity contribution in [3.05, 3.63) is 68.7 Å². The summed E-state index contributed by atoms with van der Waals surface area (Å²) in [5.41, 5.74) is 1.91. The third kappa shape index (κ3) is 3.53. The van der Waals surface area contributed by atoms with Crippen LogP contribution < -0.4 is 20.3 Å². The summed E-state index contributed by atoms with van der Waals surface area (Å²) >= 11 is 6.23. The fraction of sp³-hybridized carbons (Fsp3) is 0.250. The van der Waals surface area contributed by atoms with E-state index in [0.717, 1.165) is 11.1 Å². The summed E-state index contributed by atoms with van der Waals surface area (Å²) in [7, 11) is 0. The van der Waals surface area contributed by atoms with Gasteiger partial charge in [-0.2, -0.15) is 0 Å². The van der Waals surface area contributed by atoms with Crippen molar-refractivity contribution < 1.29 is 14.3 Å². The van der Waals surface area contributed by atoms with Crippen LogP contribution in [0.3, 0.4) is 0 Å². The van der Waals surface area contributed by atoms with Gasteiger partial charge in [0.25, 0.3) is 11.5 Å². The van der Waals surface area contributed by atoms with Gasteiger partial charge in [0.1, 0.15) is 24.4 Å². The van der Waals surface area contributed by atoms with Crippen molar-refractivity contribution in [3.63, 3.8) is 0 Å². The summed E-state index contributed by atoms with van der Waals surface area (Å²) in [6, 6.07) is 7.24. The second-order valence-electron chi connectivity index (χ2n) is 6.52. The first-order valence-electron chi connectivity index (χ1n) is 8.87. The molecule has 8 heteroatoms. The van der Waals surface area contributed by atoms with Gasteiger partial charge in [-0.3, -0.25) is 14.0 Å². The van der Waals surface area contributed by atoms with E-state index in [9.17, 15) is 9.59 Å². The zero-order valence-corrected chi connectivity index (χ0v) is 16.0. The van der Waals surface area contributed by atoms with Gasteiger partial charge in [-0.15, -0.1) is 0 Å². The van der Waals surface area contributed by atoms with E-state index in [1.54, 1.807) is 18.3 Å². The van der Waals surface area contributed by atoms with Gasteiger partial charge in [0.05, 0.1) is 5.02 Å². The fourth-order valence-corrected chi connectivity index (χ4v) is 3.35. The van der Waals surface area contributed by atoms with Crippen LogP contribution in [0.5, 0.6) is 11.5 Å². The van der Waals surface area contributed by atoms with Crippen molar-refractivity contribution in [2.24, 2.45) is 0 Å². The van der Waals surface area contributed by atoms with Crippen molar-refractivity contribution in [3.8, 4) is 11.5 Å². The molecule has 3 aromatic rings. The largest absolute Gasteiger partial charge is 0.486 e. The van der Waals surface area contributed by atoms with Crippen molar-refractivity contribution in [1.29, 1.82) is 0 Å². The minimum Gasteiger partial charge on any atom is -0.486 e. The first-order valence-corrected chi connectivity index (χ1v) is 9.25. The smallest absolute Gasteiger partial charge is 0.270 e. The molecule has 1 aliphatic rings. The molecule has 0 aliphatic carbocycles. The van der Waals surface area contributed by atoms with Gasteiger partial charge in [-0.1, -0.05) is 17.7 Å². The number of nitrogens with zero attached hydrogens (tertiary/aromatic N) is 2. The highest BCUT2D eigenvalue weighted by Gasteiger charge is 2.17. The number of rotatable bonds is 4. The van der Waals surface area contributed by atoms with Crippen LogP contribution in [0, 0.1) is 6.92 Å². The summed E-state index contributed by atoms with van der Waals surface area (Å²) in [6.45, 7) is 3.15. The van der Waals surface area contributed by atoms with E-state index < -0.39 is 11.5 Å². The number of carbonyl (C=O) groups excluding carboxylic acids is 1. The normalized spacial score (nSPS) is 12.8. The Balaban J connectivity index is 1.47. The number of aromatic nitrogens is 2. The maximum absolute atomic E-state index is 12.6. The van der Waals surface area contributed by atoms with Gasteiger partial charge in [0.15, 0.2) is 11.5 Å². The third-order valence-corrected chi connectivity index (χ3v) is 4.73. The maximum Gasteiger partial charge on any atom is 0.270 e. The van der Waals surface area contributed by atoms with Gasteiger partial charge in [-0.05, 0) is 42.7 Å². The maximum atomic E-state index is 12.6. The SMILES string of the molecule is Cc1ccc2ncc(C(=O)NCCc3cc(Cl)c4c(c3)OCCO4)c(=O)n2c1. The Morgan fingerprint density at radius 3 is 2.96 bits per heavy atom. The highest BCUT2D eigenvalue weighted by atomic mass is 35.5. The molecule has 1 N–H and O–H groups in total. The molecule has 0 radical (unpaired) electrons. The van der Waals surface area contributed by atoms with Crippen LogP contribution in [0.25, 0.3) is 5.65 Å². The van der Waals surface area contributed by atoms with Gasteiger partial charge >= 0.3 is 0 Å². The molecule has 0 spiro atoms. The molecule has 0 fully saturated rings. The van der Waals surface area contributed by atoms with Crippen LogP contribution >= 0.6 is 11.6 Å². The first kappa shape index (κ1) is 18.3. The molecule has 144 valence electrons. The van der Waals surface area contributed by atoms with Crippen molar-refractivity contribution in [2.45, 2.75) is 13.3 Å². The number of amides is 1. The molecule has 0 saturated carbocycles. The van der Waals surface area contributed by atoms with E-state index in [4.69, 9.17) is 21.1 Å². The Labute approximate surface area is 165 Å². The molecule has 0 atom stereocenters. The Morgan fingerprint density at radius 1 is 1.29 bits per heavy atom. The Morgan fingerprint density at radius 2 is 2.11 bits per heavy atom. The summed E-state index contributed by atoms with van der Waals surface area (Å²) in [5, 5.41) is 3.24. The third-order valence-electron chi connectivity index (χ3n) is 4.45. The average molecular weight is 400 g/mol. The molecule has 0 unspecified atom stereocenters. The number of halogens is 1. The molecule has 3 heterocycles. The van der Waals surface area contributed by atoms with Crippen LogP contribution in [0.2, 0.25) is 5.02 Å². The first-order chi connectivity index (χ1) is 13.5. The van der Waals surface area contributed by atoms with Gasteiger partial charge < -0.3 is 14.8 Å². The van der Waals surface area contributed by atoms with Crippen LogP contribution in [-0.2, 0) is 6.42 Å². The number of pyridine rings is 1. The number of fused-ring (bicyclic) bond motifs is 2. The molecule has 4 rings (SSSR count). The number of nitrogens with one attached hydrogen (secondary N) is 1. The van der Waals surface area contributed by atoms with Crippen molar-refractivity contribution >= 4 is 23.2 Å². The minimum absolute atomic E-state index is 0.00306. The lowest BCUT2D eigenvalue weighted by Crippen LogP contribution is -2.32. The number of hydrogen-bond acceptors (Lipinski definition) is 5. The second kappa shape index (κ2) is 7.52. The Bertz CT molecular complexity index is 1130. The highest BCUT2D eigenvalue weighted by molar-refractivity contribution is 6.32. The van der Waals surface area contributed by atoms with Crippen LogP contribution in [0.1, 0.15) is 21.5 Å². The molecule has 28 heavy (non-hydrogen) atoms. The summed E-state index contributed by atoms with van der Waals surface area (Å²) in [5.74, 6) is 0.690. The van der Waals surface area contributed by atoms with E-state index in [1.807, 2.05) is 19.1 Å². The molecule has 1 amide bonds. The summed E-state index contributed by atoms with van der Waals surface area (Å²) in [4.78, 5) is 29.2. The molecular formula is C20H18ClN3O4. The molecule has 0 bridgehead atoms. The lowest BCUT2D eigenvalue weighted by molar-refractivity contribution is 0.0952. The molecule has 1 aromatic carbocycles. The Hall–Kier alpha value is -3.06. The average Bonchev–Trinajstić information content (AvgIpc) is 2.69. The second-order valence-corrected chi connectivity index (χ2v) is 6.93. The predicted octanol–water partition coefficient (Wildman–Crippen LogP) is 2.40. The van der Waals surface area contributed by atoms with Crippen LogP contribution in [0.15, 0.2) is 41.5 Å². The van der Waals surface area contributed by atoms with E-state index in [-0.39, 0.29) is 5.56 Å². The fourth-order valence-electron chi connectivity index (χ4n) is 3.06. The summed E-state index contributed by atoms with van der Waals surface area (Å²) < 4.78 is 12.4. The molecule has 1 aliphatic heterocycles. The van der Waals surface area contributed by atoms with E-state index in [0.29, 0.717) is 48.3 Å². The van der Waals surface area contributed by atoms with E-state index in [2.05, 4.69) is 10.3 Å². The van der Waals surface area contributed by atoms with E-state index >= 15 is 0 Å². The van der Waals surface area contributed by atoms with Gasteiger partial charge in [0.2, 0.25) is 0 Å². The van der Waals surface area contributed by atoms with Crippen LogP contribution in [-0.4, -0.2) is 35.1 Å². The van der Waals surface area contributed by atoms with Crippen LogP contribution in [0.4, 0.5) is 0 Å².